The normalized spacial score (nSPS) is 19.6. The van der Waals surface area contributed by atoms with Gasteiger partial charge in [-0.2, -0.15) is 0 Å². The number of hydrogen-bond donors (Lipinski definition) is 2. The van der Waals surface area contributed by atoms with E-state index in [1.165, 1.54) is 82.6 Å². The van der Waals surface area contributed by atoms with Crippen LogP contribution in [0.25, 0.3) is 0 Å². The summed E-state index contributed by atoms with van der Waals surface area (Å²) in [6, 6.07) is 0. The van der Waals surface area contributed by atoms with E-state index >= 15 is 0 Å². The number of carbonyl (C=O) groups is 2. The van der Waals surface area contributed by atoms with Gasteiger partial charge in [-0.25, -0.2) is 4.79 Å². The molecule has 178 valence electrons. The molecule has 0 aromatic carbocycles. The van der Waals surface area contributed by atoms with Crippen LogP contribution in [0, 0.1) is 5.92 Å². The highest BCUT2D eigenvalue weighted by molar-refractivity contribution is 5.81. The number of rotatable bonds is 18. The average Bonchev–Trinajstić information content (AvgIpc) is 3.64. The summed E-state index contributed by atoms with van der Waals surface area (Å²) in [6.45, 7) is 6.02. The van der Waals surface area contributed by atoms with Crippen LogP contribution in [0.1, 0.15) is 111 Å². The molecule has 0 amide bonds. The Hall–Kier alpha value is -1.62. The number of hydrogen-bond acceptors (Lipinski definition) is 3. The van der Waals surface area contributed by atoms with Gasteiger partial charge in [-0.05, 0) is 44.3 Å². The number of ether oxygens (including phenoxy) is 1. The highest BCUT2D eigenvalue weighted by Crippen LogP contribution is 2.33. The van der Waals surface area contributed by atoms with Crippen molar-refractivity contribution in [3.05, 3.63) is 23.3 Å². The minimum atomic E-state index is -0.885. The summed E-state index contributed by atoms with van der Waals surface area (Å²) in [6.07, 6.45) is 20.7. The van der Waals surface area contributed by atoms with E-state index in [1.54, 1.807) is 6.92 Å². The molecule has 0 saturated carbocycles. The molecule has 0 spiro atoms. The van der Waals surface area contributed by atoms with Crippen molar-refractivity contribution in [2.24, 2.45) is 5.92 Å². The molecular formula is C26H44O5. The fourth-order valence-electron chi connectivity index (χ4n) is 3.63. The molecule has 2 rings (SSSR count). The smallest absolute Gasteiger partial charge is 0.332 e. The van der Waals surface area contributed by atoms with E-state index in [0.717, 1.165) is 18.4 Å². The first-order valence-electron chi connectivity index (χ1n) is 12.4. The van der Waals surface area contributed by atoms with E-state index in [9.17, 15) is 9.59 Å². The topological polar surface area (TPSA) is 83.8 Å². The fraction of sp³-hybridized carbons (Fsp3) is 0.769. The Balaban J connectivity index is 0.000000316. The molecule has 2 aliphatic rings. The molecule has 2 aliphatic carbocycles. The van der Waals surface area contributed by atoms with Crippen LogP contribution in [0.2, 0.25) is 0 Å². The first-order valence-corrected chi connectivity index (χ1v) is 12.4. The van der Waals surface area contributed by atoms with Crippen LogP contribution in [-0.4, -0.2) is 34.4 Å². The first kappa shape index (κ1) is 27.4. The van der Waals surface area contributed by atoms with E-state index in [2.05, 4.69) is 13.8 Å². The van der Waals surface area contributed by atoms with Crippen LogP contribution in [-0.2, 0) is 14.3 Å². The fourth-order valence-corrected chi connectivity index (χ4v) is 3.63. The second kappa shape index (κ2) is 16.1. The zero-order valence-corrected chi connectivity index (χ0v) is 19.9. The van der Waals surface area contributed by atoms with Crippen molar-refractivity contribution in [1.82, 2.24) is 0 Å². The van der Waals surface area contributed by atoms with Crippen LogP contribution < -0.4 is 0 Å². The van der Waals surface area contributed by atoms with Gasteiger partial charge in [0.05, 0.1) is 12.0 Å². The molecule has 2 N–H and O–H groups in total. The van der Waals surface area contributed by atoms with Crippen LogP contribution >= 0.6 is 0 Å². The zero-order valence-electron chi connectivity index (χ0n) is 19.9. The van der Waals surface area contributed by atoms with Gasteiger partial charge in [0, 0.05) is 0 Å². The minimum absolute atomic E-state index is 0.0109. The molecule has 3 unspecified atom stereocenters. The number of unbranched alkanes of at least 4 members (excludes halogenated alkanes) is 10. The molecule has 31 heavy (non-hydrogen) atoms. The van der Waals surface area contributed by atoms with Crippen LogP contribution in [0.5, 0.6) is 0 Å². The summed E-state index contributed by atoms with van der Waals surface area (Å²) in [5, 5.41) is 17.3. The average molecular weight is 437 g/mol. The van der Waals surface area contributed by atoms with Gasteiger partial charge in [-0.1, -0.05) is 89.7 Å². The van der Waals surface area contributed by atoms with E-state index < -0.39 is 18.0 Å². The minimum Gasteiger partial charge on any atom is -0.481 e. The zero-order chi connectivity index (χ0) is 23.1. The highest BCUT2D eigenvalue weighted by atomic mass is 16.5. The van der Waals surface area contributed by atoms with Gasteiger partial charge < -0.3 is 14.9 Å². The Morgan fingerprint density at radius 2 is 1.29 bits per heavy atom. The van der Waals surface area contributed by atoms with Crippen LogP contribution in [0.4, 0.5) is 0 Å². The molecule has 0 aliphatic heterocycles. The highest BCUT2D eigenvalue weighted by Gasteiger charge is 2.30. The first-order chi connectivity index (χ1) is 14.9. The Labute approximate surface area is 189 Å². The quantitative estimate of drug-likeness (QED) is 0.180. The Bertz CT molecular complexity index is 593. The van der Waals surface area contributed by atoms with Crippen LogP contribution in [0.15, 0.2) is 23.3 Å². The van der Waals surface area contributed by atoms with Gasteiger partial charge in [-0.15, -0.1) is 0 Å². The van der Waals surface area contributed by atoms with Gasteiger partial charge in [0.25, 0.3) is 0 Å². The lowest BCUT2D eigenvalue weighted by Gasteiger charge is -2.08. The van der Waals surface area contributed by atoms with Gasteiger partial charge >= 0.3 is 11.9 Å². The largest absolute Gasteiger partial charge is 0.481 e. The molecular weight excluding hydrogens is 392 g/mol. The predicted octanol–water partition coefficient (Wildman–Crippen LogP) is 6.91. The predicted molar refractivity (Wildman–Crippen MR) is 125 cm³/mol. The van der Waals surface area contributed by atoms with Crippen molar-refractivity contribution in [2.75, 3.05) is 0 Å². The summed E-state index contributed by atoms with van der Waals surface area (Å²) in [4.78, 5) is 21.1. The summed E-state index contributed by atoms with van der Waals surface area (Å²) < 4.78 is 5.34. The lowest BCUT2D eigenvalue weighted by Crippen LogP contribution is -2.21. The lowest BCUT2D eigenvalue weighted by atomic mass is 10.1. The van der Waals surface area contributed by atoms with Crippen molar-refractivity contribution in [2.45, 2.75) is 123 Å². The standard InChI is InChI=1S/C14H24O3.C12H20O2/c1-3-4-5-6-7-8-9-12-10-13(12)17-11(2)14(15)16;1-2-3-4-5-6-7-8-10-9-11(10)12(13)14/h10-11,13H,3-9H2,1-2H3,(H,15,16);9,11H,2-8H2,1H3,(H,13,14). The van der Waals surface area contributed by atoms with Crippen molar-refractivity contribution in [3.8, 4) is 0 Å². The van der Waals surface area contributed by atoms with Crippen molar-refractivity contribution in [1.29, 1.82) is 0 Å². The van der Waals surface area contributed by atoms with Gasteiger partial charge in [0.15, 0.2) is 6.10 Å². The molecule has 0 bridgehead atoms. The second-order valence-corrected chi connectivity index (χ2v) is 8.87. The molecule has 0 heterocycles. The molecule has 0 radical (unpaired) electrons. The summed E-state index contributed by atoms with van der Waals surface area (Å²) in [7, 11) is 0. The monoisotopic (exact) mass is 436 g/mol. The SMILES string of the molecule is CCCCCCCCC1=CC1C(=O)O.CCCCCCCCC1=CC1OC(C)C(=O)O. The van der Waals surface area contributed by atoms with Gasteiger partial charge in [0.2, 0.25) is 0 Å². The Kier molecular flexibility index (Phi) is 14.2. The van der Waals surface area contributed by atoms with Gasteiger partial charge in [0.1, 0.15) is 0 Å². The molecule has 3 atom stereocenters. The number of carboxylic acid groups (broad SMARTS) is 2. The lowest BCUT2D eigenvalue weighted by molar-refractivity contribution is -0.149. The van der Waals surface area contributed by atoms with Crippen molar-refractivity contribution >= 4 is 11.9 Å². The maximum atomic E-state index is 10.6. The molecule has 0 aromatic rings. The van der Waals surface area contributed by atoms with E-state index in [4.69, 9.17) is 14.9 Å². The summed E-state index contributed by atoms with van der Waals surface area (Å²) in [5.41, 5.74) is 2.43. The third-order valence-corrected chi connectivity index (χ3v) is 5.90. The van der Waals surface area contributed by atoms with E-state index in [-0.39, 0.29) is 12.0 Å². The third kappa shape index (κ3) is 13.4. The Morgan fingerprint density at radius 1 is 0.806 bits per heavy atom. The van der Waals surface area contributed by atoms with Crippen molar-refractivity contribution < 1.29 is 24.5 Å². The Morgan fingerprint density at radius 3 is 1.74 bits per heavy atom. The van der Waals surface area contributed by atoms with Gasteiger partial charge in [-0.3, -0.25) is 4.79 Å². The number of aliphatic carboxylic acids is 2. The third-order valence-electron chi connectivity index (χ3n) is 5.90. The maximum Gasteiger partial charge on any atom is 0.332 e. The maximum absolute atomic E-state index is 10.6. The van der Waals surface area contributed by atoms with E-state index in [0.29, 0.717) is 0 Å². The molecule has 0 fully saturated rings. The number of carboxylic acids is 2. The van der Waals surface area contributed by atoms with Crippen LogP contribution in [0.3, 0.4) is 0 Å². The second-order valence-electron chi connectivity index (χ2n) is 8.87. The molecule has 0 aromatic heterocycles. The summed E-state index contributed by atoms with van der Waals surface area (Å²) in [5.74, 6) is -1.76. The van der Waals surface area contributed by atoms with E-state index in [1.807, 2.05) is 12.2 Å². The van der Waals surface area contributed by atoms with Crippen molar-refractivity contribution in [3.63, 3.8) is 0 Å². The molecule has 0 saturated heterocycles. The molecule has 5 nitrogen and oxygen atoms in total. The summed E-state index contributed by atoms with van der Waals surface area (Å²) >= 11 is 0. The molecule has 5 heteroatoms.